The lowest BCUT2D eigenvalue weighted by molar-refractivity contribution is -0.111. The average molecular weight is 463 g/mol. The molecule has 0 saturated heterocycles. The average Bonchev–Trinajstić information content (AvgIpc) is 3.47. The number of hydrogen-bond acceptors (Lipinski definition) is 7. The maximum atomic E-state index is 12.3. The zero-order valence-corrected chi connectivity index (χ0v) is 18.6. The SMILES string of the molecule is N#Cc1c(NC(=O)/C=C/c2ccoc2)sc2c1CCC(COC(=O)NCc1ccccn1)C2. The molecule has 3 heterocycles. The molecule has 4 rings (SSSR count). The summed E-state index contributed by atoms with van der Waals surface area (Å²) in [6.45, 7) is 0.603. The number of pyridine rings is 1. The molecular formula is C24H22N4O4S. The Hall–Kier alpha value is -3.90. The molecule has 1 aliphatic carbocycles. The minimum atomic E-state index is -0.479. The monoisotopic (exact) mass is 462 g/mol. The smallest absolute Gasteiger partial charge is 0.407 e. The lowest BCUT2D eigenvalue weighted by Gasteiger charge is -2.21. The van der Waals surface area contributed by atoms with Crippen LogP contribution < -0.4 is 10.6 Å². The van der Waals surface area contributed by atoms with Crippen LogP contribution in [0, 0.1) is 17.2 Å². The van der Waals surface area contributed by atoms with Gasteiger partial charge in [0.05, 0.1) is 36.9 Å². The molecule has 0 fully saturated rings. The normalized spacial score (nSPS) is 14.9. The summed E-state index contributed by atoms with van der Waals surface area (Å²) in [5, 5.41) is 15.7. The third-order valence-corrected chi connectivity index (χ3v) is 6.45. The number of carbonyl (C=O) groups is 2. The summed E-state index contributed by atoms with van der Waals surface area (Å²) in [4.78, 5) is 29.5. The van der Waals surface area contributed by atoms with Crippen LogP contribution in [0.5, 0.6) is 0 Å². The molecule has 1 unspecified atom stereocenters. The number of nitriles is 1. The maximum absolute atomic E-state index is 12.3. The zero-order valence-electron chi connectivity index (χ0n) is 17.7. The van der Waals surface area contributed by atoms with E-state index in [1.807, 2.05) is 18.2 Å². The first-order valence-corrected chi connectivity index (χ1v) is 11.3. The van der Waals surface area contributed by atoms with E-state index in [4.69, 9.17) is 9.15 Å². The molecule has 0 aliphatic heterocycles. The topological polar surface area (TPSA) is 117 Å². The van der Waals surface area contributed by atoms with Crippen LogP contribution in [0.25, 0.3) is 6.08 Å². The molecule has 0 spiro atoms. The molecule has 3 aromatic rings. The number of carbonyl (C=O) groups excluding carboxylic acids is 2. The highest BCUT2D eigenvalue weighted by atomic mass is 32.1. The number of nitrogens with one attached hydrogen (secondary N) is 2. The van der Waals surface area contributed by atoms with Crippen molar-refractivity contribution in [3.05, 3.63) is 76.3 Å². The van der Waals surface area contributed by atoms with Crippen LogP contribution in [0.1, 0.15) is 33.7 Å². The summed E-state index contributed by atoms with van der Waals surface area (Å²) in [5.41, 5.74) is 3.04. The van der Waals surface area contributed by atoms with Gasteiger partial charge in [0.2, 0.25) is 5.91 Å². The van der Waals surface area contributed by atoms with Gasteiger partial charge in [0.15, 0.2) is 0 Å². The van der Waals surface area contributed by atoms with Gasteiger partial charge >= 0.3 is 6.09 Å². The van der Waals surface area contributed by atoms with Gasteiger partial charge in [-0.15, -0.1) is 11.3 Å². The van der Waals surface area contributed by atoms with E-state index in [-0.39, 0.29) is 11.8 Å². The summed E-state index contributed by atoms with van der Waals surface area (Å²) in [7, 11) is 0. The Bertz CT molecular complexity index is 1180. The molecule has 1 aliphatic rings. The van der Waals surface area contributed by atoms with Gasteiger partial charge in [-0.25, -0.2) is 4.79 Å². The molecule has 2 N–H and O–H groups in total. The van der Waals surface area contributed by atoms with Gasteiger partial charge in [0, 0.05) is 22.7 Å². The van der Waals surface area contributed by atoms with Crippen molar-refractivity contribution >= 4 is 34.4 Å². The zero-order chi connectivity index (χ0) is 23.0. The van der Waals surface area contributed by atoms with Gasteiger partial charge < -0.3 is 19.8 Å². The lowest BCUT2D eigenvalue weighted by atomic mass is 9.88. The predicted octanol–water partition coefficient (Wildman–Crippen LogP) is 4.29. The molecule has 0 aromatic carbocycles. The Balaban J connectivity index is 1.31. The Labute approximate surface area is 194 Å². The number of nitrogens with zero attached hydrogens (tertiary/aromatic N) is 2. The number of ether oxygens (including phenoxy) is 1. The number of fused-ring (bicyclic) bond motifs is 1. The molecular weight excluding hydrogens is 440 g/mol. The highest BCUT2D eigenvalue weighted by Crippen LogP contribution is 2.39. The fraction of sp³-hybridized carbons (Fsp3) is 0.250. The number of anilines is 1. The molecule has 0 saturated carbocycles. The van der Waals surface area contributed by atoms with Crippen LogP contribution in [-0.2, 0) is 28.9 Å². The first-order valence-electron chi connectivity index (χ1n) is 10.5. The van der Waals surface area contributed by atoms with Gasteiger partial charge in [-0.2, -0.15) is 5.26 Å². The van der Waals surface area contributed by atoms with E-state index in [0.29, 0.717) is 36.6 Å². The van der Waals surface area contributed by atoms with E-state index in [2.05, 4.69) is 21.7 Å². The van der Waals surface area contributed by atoms with Gasteiger partial charge in [0.1, 0.15) is 11.1 Å². The number of alkyl carbamates (subject to hydrolysis) is 1. The molecule has 9 heteroatoms. The van der Waals surface area contributed by atoms with E-state index in [1.54, 1.807) is 18.3 Å². The molecule has 0 bridgehead atoms. The Morgan fingerprint density at radius 3 is 3.03 bits per heavy atom. The van der Waals surface area contributed by atoms with Crippen molar-refractivity contribution in [3.8, 4) is 6.07 Å². The lowest BCUT2D eigenvalue weighted by Crippen LogP contribution is -2.28. The van der Waals surface area contributed by atoms with Crippen molar-refractivity contribution in [2.75, 3.05) is 11.9 Å². The van der Waals surface area contributed by atoms with Crippen molar-refractivity contribution in [1.82, 2.24) is 10.3 Å². The summed E-state index contributed by atoms with van der Waals surface area (Å²) < 4.78 is 10.4. The molecule has 33 heavy (non-hydrogen) atoms. The summed E-state index contributed by atoms with van der Waals surface area (Å²) in [6, 6.07) is 9.48. The standard InChI is InChI=1S/C24H22N4O4S/c25-12-20-19-6-4-17(15-32-24(30)27-13-18-3-1-2-9-26-18)11-21(19)33-23(20)28-22(29)7-5-16-8-10-31-14-16/h1-3,5,7-10,14,17H,4,6,11,13,15H2,(H,27,30)(H,28,29)/b7-5+. The first kappa shape index (κ1) is 22.3. The fourth-order valence-electron chi connectivity index (χ4n) is 3.61. The van der Waals surface area contributed by atoms with Crippen LogP contribution in [0.3, 0.4) is 0 Å². The van der Waals surface area contributed by atoms with Crippen LogP contribution in [0.15, 0.2) is 53.5 Å². The highest BCUT2D eigenvalue weighted by molar-refractivity contribution is 7.16. The van der Waals surface area contributed by atoms with Crippen LogP contribution >= 0.6 is 11.3 Å². The van der Waals surface area contributed by atoms with E-state index in [9.17, 15) is 14.9 Å². The van der Waals surface area contributed by atoms with Gasteiger partial charge in [-0.1, -0.05) is 6.07 Å². The van der Waals surface area contributed by atoms with Crippen molar-refractivity contribution in [3.63, 3.8) is 0 Å². The molecule has 168 valence electrons. The third-order valence-electron chi connectivity index (χ3n) is 5.28. The minimum absolute atomic E-state index is 0.160. The van der Waals surface area contributed by atoms with E-state index in [1.165, 1.54) is 29.9 Å². The quantitative estimate of drug-likeness (QED) is 0.506. The summed E-state index contributed by atoms with van der Waals surface area (Å²) >= 11 is 1.41. The highest BCUT2D eigenvalue weighted by Gasteiger charge is 2.27. The summed E-state index contributed by atoms with van der Waals surface area (Å²) in [5.74, 6) is -0.149. The van der Waals surface area contributed by atoms with Crippen LogP contribution in [-0.4, -0.2) is 23.6 Å². The van der Waals surface area contributed by atoms with Gasteiger partial charge in [0.25, 0.3) is 0 Å². The first-order chi connectivity index (χ1) is 16.1. The largest absolute Gasteiger partial charge is 0.472 e. The number of furan rings is 1. The Morgan fingerprint density at radius 1 is 1.36 bits per heavy atom. The van der Waals surface area contributed by atoms with Crippen molar-refractivity contribution in [2.45, 2.75) is 25.8 Å². The second kappa shape index (κ2) is 10.6. The second-order valence-electron chi connectivity index (χ2n) is 7.58. The maximum Gasteiger partial charge on any atom is 0.407 e. The van der Waals surface area contributed by atoms with E-state index >= 15 is 0 Å². The molecule has 2 amide bonds. The molecule has 8 nitrogen and oxygen atoms in total. The minimum Gasteiger partial charge on any atom is -0.472 e. The van der Waals surface area contributed by atoms with Crippen molar-refractivity contribution < 1.29 is 18.7 Å². The number of thiophene rings is 1. The fourth-order valence-corrected chi connectivity index (χ4v) is 4.92. The number of aromatic nitrogens is 1. The third kappa shape index (κ3) is 5.87. The number of rotatable bonds is 7. The molecule has 1 atom stereocenters. The number of hydrogen-bond donors (Lipinski definition) is 2. The van der Waals surface area contributed by atoms with Gasteiger partial charge in [-0.3, -0.25) is 9.78 Å². The molecule has 3 aromatic heterocycles. The predicted molar refractivity (Wildman–Crippen MR) is 123 cm³/mol. The molecule has 0 radical (unpaired) electrons. The second-order valence-corrected chi connectivity index (χ2v) is 8.69. The van der Waals surface area contributed by atoms with Crippen molar-refractivity contribution in [2.24, 2.45) is 5.92 Å². The number of amides is 2. The van der Waals surface area contributed by atoms with Crippen molar-refractivity contribution in [1.29, 1.82) is 5.26 Å². The van der Waals surface area contributed by atoms with Crippen LogP contribution in [0.2, 0.25) is 0 Å². The van der Waals surface area contributed by atoms with Crippen LogP contribution in [0.4, 0.5) is 9.80 Å². The van der Waals surface area contributed by atoms with E-state index in [0.717, 1.165) is 28.1 Å². The Morgan fingerprint density at radius 2 is 2.27 bits per heavy atom. The van der Waals surface area contributed by atoms with E-state index < -0.39 is 6.09 Å². The van der Waals surface area contributed by atoms with Gasteiger partial charge in [-0.05, 0) is 55.0 Å². The summed E-state index contributed by atoms with van der Waals surface area (Å²) in [6.07, 6.45) is 9.52. The Kier molecular flexibility index (Phi) is 7.17.